The molecule has 0 atom stereocenters. The first-order valence-corrected chi connectivity index (χ1v) is 13.5. The van der Waals surface area contributed by atoms with Crippen LogP contribution in [0, 0.1) is 0 Å². The predicted octanol–water partition coefficient (Wildman–Crippen LogP) is 3.41. The Morgan fingerprint density at radius 3 is 2.70 bits per heavy atom. The summed E-state index contributed by atoms with van der Waals surface area (Å²) in [5, 5.41) is 22.4. The lowest BCUT2D eigenvalue weighted by Gasteiger charge is -2.32. The molecule has 1 saturated carbocycles. The van der Waals surface area contributed by atoms with Crippen molar-refractivity contribution in [3.05, 3.63) is 47.0 Å². The maximum atomic E-state index is 13.5. The van der Waals surface area contributed by atoms with Crippen LogP contribution in [0.4, 0.5) is 5.82 Å². The number of phenols is 1. The van der Waals surface area contributed by atoms with Crippen LogP contribution in [0.25, 0.3) is 10.9 Å². The van der Waals surface area contributed by atoms with Crippen LogP contribution in [0.1, 0.15) is 47.2 Å². The number of hydrogen-bond acceptors (Lipinski definition) is 7. The fourth-order valence-electron chi connectivity index (χ4n) is 5.74. The number of likely N-dealkylation sites (N-methyl/N-ethyl adjacent to an activating group) is 1. The van der Waals surface area contributed by atoms with Crippen molar-refractivity contribution in [2.45, 2.75) is 44.8 Å². The highest BCUT2D eigenvalue weighted by Crippen LogP contribution is 2.33. The number of carbonyl (C=O) groups excluding carboxylic acids is 1. The van der Waals surface area contributed by atoms with E-state index in [4.69, 9.17) is 4.74 Å². The van der Waals surface area contributed by atoms with Gasteiger partial charge in [0, 0.05) is 63.3 Å². The van der Waals surface area contributed by atoms with Crippen molar-refractivity contribution in [3.63, 3.8) is 0 Å². The van der Waals surface area contributed by atoms with Crippen LogP contribution >= 0.6 is 0 Å². The van der Waals surface area contributed by atoms with Crippen LogP contribution < -0.4 is 10.1 Å². The van der Waals surface area contributed by atoms with Crippen LogP contribution in [0.5, 0.6) is 11.5 Å². The molecule has 1 aromatic heterocycles. The van der Waals surface area contributed by atoms with Gasteiger partial charge in [-0.2, -0.15) is 5.10 Å². The first-order chi connectivity index (χ1) is 18.0. The van der Waals surface area contributed by atoms with E-state index in [1.165, 1.54) is 12.8 Å². The lowest BCUT2D eigenvalue weighted by Crippen LogP contribution is -2.45. The minimum Gasteiger partial charge on any atom is -0.507 e. The fourth-order valence-corrected chi connectivity index (χ4v) is 5.74. The molecule has 3 heterocycles. The van der Waals surface area contributed by atoms with E-state index < -0.39 is 0 Å². The third-order valence-electron chi connectivity index (χ3n) is 8.07. The Morgan fingerprint density at radius 1 is 1.11 bits per heavy atom. The largest absolute Gasteiger partial charge is 0.507 e. The zero-order valence-corrected chi connectivity index (χ0v) is 21.5. The minimum absolute atomic E-state index is 0.0301. The summed E-state index contributed by atoms with van der Waals surface area (Å²) in [6, 6.07) is 9.87. The van der Waals surface area contributed by atoms with Gasteiger partial charge in [-0.25, -0.2) is 0 Å². The van der Waals surface area contributed by atoms with Gasteiger partial charge in [0.1, 0.15) is 18.1 Å². The number of carbonyl (C=O) groups is 1. The number of amides is 1. The van der Waals surface area contributed by atoms with E-state index in [-0.39, 0.29) is 11.7 Å². The Hall–Kier alpha value is -3.30. The fraction of sp³-hybridized carbons (Fsp3) is 0.500. The highest BCUT2D eigenvalue weighted by Gasteiger charge is 2.28. The molecule has 0 unspecified atom stereocenters. The molecule has 3 aromatic rings. The van der Waals surface area contributed by atoms with E-state index in [2.05, 4.69) is 44.5 Å². The first kappa shape index (κ1) is 24.1. The van der Waals surface area contributed by atoms with Crippen LogP contribution in [0.3, 0.4) is 0 Å². The zero-order chi connectivity index (χ0) is 25.4. The number of piperazine rings is 1. The van der Waals surface area contributed by atoms with Gasteiger partial charge in [0.15, 0.2) is 5.82 Å². The van der Waals surface area contributed by atoms with Crippen LogP contribution in [-0.2, 0) is 13.1 Å². The molecule has 3 aliphatic rings. The molecule has 196 valence electrons. The molecule has 1 saturated heterocycles. The summed E-state index contributed by atoms with van der Waals surface area (Å²) in [6.45, 7) is 6.96. The predicted molar refractivity (Wildman–Crippen MR) is 143 cm³/mol. The van der Waals surface area contributed by atoms with Gasteiger partial charge in [0.25, 0.3) is 5.91 Å². The normalized spacial score (nSPS) is 19.0. The molecule has 1 aliphatic carbocycles. The van der Waals surface area contributed by atoms with Gasteiger partial charge in [-0.15, -0.1) is 0 Å². The molecule has 0 radical (unpaired) electrons. The number of aromatic hydroxyl groups is 1. The quantitative estimate of drug-likeness (QED) is 0.454. The lowest BCUT2D eigenvalue weighted by molar-refractivity contribution is 0.0748. The van der Waals surface area contributed by atoms with E-state index in [1.54, 1.807) is 17.0 Å². The number of aromatic amines is 1. The molecular weight excluding hydrogens is 468 g/mol. The SMILES string of the molecule is CN1CCN(CCOc2ccc3c(c2)CN(C(=O)c2cc4c(NC5CCCC5)n[nH]c4cc2O)C3)CC1. The highest BCUT2D eigenvalue weighted by atomic mass is 16.5. The van der Waals surface area contributed by atoms with E-state index in [1.807, 2.05) is 6.07 Å². The number of nitrogens with zero attached hydrogens (tertiary/aromatic N) is 4. The molecule has 2 fully saturated rings. The van der Waals surface area contributed by atoms with E-state index in [0.29, 0.717) is 31.3 Å². The highest BCUT2D eigenvalue weighted by molar-refractivity contribution is 6.03. The third kappa shape index (κ3) is 5.10. The number of hydrogen-bond donors (Lipinski definition) is 3. The standard InChI is InChI=1S/C28H36N6O3/c1-32-8-10-33(11-9-32)12-13-37-22-7-6-19-17-34(18-20(19)14-22)28(36)24-15-23-25(16-26(24)35)30-31-27(23)29-21-4-2-3-5-21/h6-7,14-16,21,35H,2-5,8-13,17-18H2,1H3,(H2,29,30,31). The van der Waals surface area contributed by atoms with Crippen molar-refractivity contribution in [2.75, 3.05) is 51.7 Å². The van der Waals surface area contributed by atoms with Gasteiger partial charge >= 0.3 is 0 Å². The Morgan fingerprint density at radius 2 is 1.89 bits per heavy atom. The first-order valence-electron chi connectivity index (χ1n) is 13.5. The topological polar surface area (TPSA) is 97.0 Å². The summed E-state index contributed by atoms with van der Waals surface area (Å²) in [6.07, 6.45) is 4.71. The monoisotopic (exact) mass is 504 g/mol. The summed E-state index contributed by atoms with van der Waals surface area (Å²) in [5.41, 5.74) is 3.24. The van der Waals surface area contributed by atoms with Crippen LogP contribution in [0.15, 0.2) is 30.3 Å². The zero-order valence-electron chi connectivity index (χ0n) is 21.5. The van der Waals surface area contributed by atoms with Crippen LogP contribution in [-0.4, -0.2) is 88.3 Å². The molecule has 9 nitrogen and oxygen atoms in total. The van der Waals surface area contributed by atoms with Gasteiger partial charge in [-0.1, -0.05) is 18.9 Å². The maximum absolute atomic E-state index is 13.5. The number of H-pyrrole nitrogens is 1. The van der Waals surface area contributed by atoms with E-state index in [0.717, 1.165) is 79.2 Å². The average Bonchev–Trinajstić information content (AvgIpc) is 3.65. The molecule has 0 spiro atoms. The second kappa shape index (κ2) is 10.2. The lowest BCUT2D eigenvalue weighted by atomic mass is 10.1. The Labute approximate surface area is 217 Å². The number of fused-ring (bicyclic) bond motifs is 2. The summed E-state index contributed by atoms with van der Waals surface area (Å²) in [7, 11) is 2.16. The second-order valence-electron chi connectivity index (χ2n) is 10.7. The third-order valence-corrected chi connectivity index (χ3v) is 8.07. The van der Waals surface area contributed by atoms with Crippen molar-refractivity contribution in [2.24, 2.45) is 0 Å². The van der Waals surface area contributed by atoms with Gasteiger partial charge in [0.2, 0.25) is 0 Å². The number of ether oxygens (including phenoxy) is 1. The summed E-state index contributed by atoms with van der Waals surface area (Å²) < 4.78 is 6.05. The molecular formula is C28H36N6O3. The Kier molecular flexibility index (Phi) is 6.65. The van der Waals surface area contributed by atoms with E-state index in [9.17, 15) is 9.90 Å². The summed E-state index contributed by atoms with van der Waals surface area (Å²) >= 11 is 0. The van der Waals surface area contributed by atoms with Crippen molar-refractivity contribution in [1.82, 2.24) is 24.9 Å². The molecule has 3 N–H and O–H groups in total. The Bertz CT molecular complexity index is 1280. The average molecular weight is 505 g/mol. The molecule has 2 aliphatic heterocycles. The maximum Gasteiger partial charge on any atom is 0.258 e. The van der Waals surface area contributed by atoms with Crippen molar-refractivity contribution >= 4 is 22.6 Å². The number of nitrogens with one attached hydrogen (secondary N) is 2. The van der Waals surface area contributed by atoms with Crippen molar-refractivity contribution in [3.8, 4) is 11.5 Å². The molecule has 6 rings (SSSR count). The number of rotatable bonds is 7. The van der Waals surface area contributed by atoms with Crippen molar-refractivity contribution in [1.29, 1.82) is 0 Å². The van der Waals surface area contributed by atoms with Crippen molar-refractivity contribution < 1.29 is 14.6 Å². The molecule has 2 aromatic carbocycles. The van der Waals surface area contributed by atoms with Gasteiger partial charge < -0.3 is 25.0 Å². The Balaban J connectivity index is 1.11. The molecule has 37 heavy (non-hydrogen) atoms. The molecule has 1 amide bonds. The summed E-state index contributed by atoms with van der Waals surface area (Å²) in [5.74, 6) is 1.38. The van der Waals surface area contributed by atoms with Gasteiger partial charge in [-0.3, -0.25) is 14.8 Å². The van der Waals surface area contributed by atoms with Crippen LogP contribution in [0.2, 0.25) is 0 Å². The molecule has 0 bridgehead atoms. The number of benzene rings is 2. The minimum atomic E-state index is -0.179. The second-order valence-corrected chi connectivity index (χ2v) is 10.7. The van der Waals surface area contributed by atoms with E-state index >= 15 is 0 Å². The van der Waals surface area contributed by atoms with Gasteiger partial charge in [0.05, 0.1) is 11.1 Å². The van der Waals surface area contributed by atoms with Gasteiger partial charge in [-0.05, 0) is 49.2 Å². The summed E-state index contributed by atoms with van der Waals surface area (Å²) in [4.78, 5) is 20.1. The smallest absolute Gasteiger partial charge is 0.258 e. The molecule has 9 heteroatoms. The number of aromatic nitrogens is 2. The number of phenolic OH excluding ortho intramolecular Hbond substituents is 1. The number of anilines is 1.